The van der Waals surface area contributed by atoms with Gasteiger partial charge in [-0.3, -0.25) is 9.59 Å². The number of thiazole rings is 1. The molecule has 9 nitrogen and oxygen atoms in total. The average molecular weight is 506 g/mol. The van der Waals surface area contributed by atoms with E-state index in [4.69, 9.17) is 18.9 Å². The molecule has 1 N–H and O–H groups in total. The highest BCUT2D eigenvalue weighted by molar-refractivity contribution is 7.09. The predicted octanol–water partition coefficient (Wildman–Crippen LogP) is 3.74. The first kappa shape index (κ1) is 26.7. The van der Waals surface area contributed by atoms with Crippen molar-refractivity contribution < 1.29 is 28.5 Å². The molecule has 1 aliphatic rings. The standard InChI is InChI=1S/C25H35N3O6S/c1-5-14-34-15-6-11-26-23(29)19-16-35-24(27-19)17-9-12-28(13-10-17)25(30)18-7-8-20(31-2)22(33-4)21(18)32-3/h7-8,16-17H,5-6,9-15H2,1-4H3,(H,26,29). The number of rotatable bonds is 12. The molecule has 10 heteroatoms. The normalized spacial score (nSPS) is 14.0. The van der Waals surface area contributed by atoms with E-state index in [0.717, 1.165) is 37.3 Å². The zero-order valence-corrected chi connectivity index (χ0v) is 21.7. The SMILES string of the molecule is CCCOCCCNC(=O)c1csc(C2CCN(C(=O)c3ccc(OC)c(OC)c3OC)CC2)n1. The second kappa shape index (κ2) is 13.3. The summed E-state index contributed by atoms with van der Waals surface area (Å²) in [5.41, 5.74) is 0.893. The van der Waals surface area contributed by atoms with Gasteiger partial charge in [-0.15, -0.1) is 11.3 Å². The number of likely N-dealkylation sites (tertiary alicyclic amines) is 1. The van der Waals surface area contributed by atoms with Crippen molar-refractivity contribution >= 4 is 23.2 Å². The van der Waals surface area contributed by atoms with Gasteiger partial charge in [-0.05, 0) is 37.8 Å². The summed E-state index contributed by atoms with van der Waals surface area (Å²) in [5, 5.41) is 5.65. The summed E-state index contributed by atoms with van der Waals surface area (Å²) in [6, 6.07) is 3.41. The second-order valence-electron chi connectivity index (χ2n) is 8.24. The minimum Gasteiger partial charge on any atom is -0.493 e. The van der Waals surface area contributed by atoms with Crippen molar-refractivity contribution in [3.05, 3.63) is 33.8 Å². The number of piperidine rings is 1. The quantitative estimate of drug-likeness (QED) is 0.439. The van der Waals surface area contributed by atoms with E-state index < -0.39 is 0 Å². The van der Waals surface area contributed by atoms with Crippen molar-refractivity contribution in [2.45, 2.75) is 38.5 Å². The molecular weight excluding hydrogens is 470 g/mol. The third-order valence-electron chi connectivity index (χ3n) is 5.92. The van der Waals surface area contributed by atoms with E-state index in [0.29, 0.717) is 54.7 Å². The van der Waals surface area contributed by atoms with Crippen LogP contribution in [0.3, 0.4) is 0 Å². The van der Waals surface area contributed by atoms with Gasteiger partial charge in [-0.1, -0.05) is 6.92 Å². The lowest BCUT2D eigenvalue weighted by Gasteiger charge is -2.31. The highest BCUT2D eigenvalue weighted by Gasteiger charge is 2.29. The highest BCUT2D eigenvalue weighted by atomic mass is 32.1. The Hall–Kier alpha value is -2.85. The fourth-order valence-electron chi connectivity index (χ4n) is 4.06. The molecule has 1 fully saturated rings. The number of methoxy groups -OCH3 is 3. The lowest BCUT2D eigenvalue weighted by molar-refractivity contribution is 0.0708. The van der Waals surface area contributed by atoms with Crippen molar-refractivity contribution in [1.29, 1.82) is 0 Å². The van der Waals surface area contributed by atoms with Crippen molar-refractivity contribution in [3.8, 4) is 17.2 Å². The van der Waals surface area contributed by atoms with Gasteiger partial charge in [-0.2, -0.15) is 0 Å². The number of ether oxygens (including phenoxy) is 4. The van der Waals surface area contributed by atoms with Gasteiger partial charge >= 0.3 is 0 Å². The van der Waals surface area contributed by atoms with Gasteiger partial charge in [0.1, 0.15) is 5.69 Å². The molecule has 0 bridgehead atoms. The van der Waals surface area contributed by atoms with Crippen molar-refractivity contribution in [3.63, 3.8) is 0 Å². The third-order valence-corrected chi connectivity index (χ3v) is 6.93. The summed E-state index contributed by atoms with van der Waals surface area (Å²) in [4.78, 5) is 32.0. The number of aromatic nitrogens is 1. The number of amides is 2. The fraction of sp³-hybridized carbons (Fsp3) is 0.560. The second-order valence-corrected chi connectivity index (χ2v) is 9.13. The minimum absolute atomic E-state index is 0.108. The summed E-state index contributed by atoms with van der Waals surface area (Å²) in [7, 11) is 4.57. The molecule has 0 atom stereocenters. The zero-order valence-electron chi connectivity index (χ0n) is 20.9. The number of carbonyl (C=O) groups is 2. The number of benzene rings is 1. The van der Waals surface area contributed by atoms with E-state index in [-0.39, 0.29) is 17.7 Å². The summed E-state index contributed by atoms with van der Waals surface area (Å²) in [5.74, 6) is 1.23. The van der Waals surface area contributed by atoms with Gasteiger partial charge < -0.3 is 29.2 Å². The zero-order chi connectivity index (χ0) is 25.2. The smallest absolute Gasteiger partial charge is 0.270 e. The molecule has 1 aromatic carbocycles. The maximum Gasteiger partial charge on any atom is 0.270 e. The van der Waals surface area contributed by atoms with Crippen LogP contribution in [0.5, 0.6) is 17.2 Å². The predicted molar refractivity (Wildman–Crippen MR) is 134 cm³/mol. The van der Waals surface area contributed by atoms with E-state index in [1.165, 1.54) is 25.6 Å². The van der Waals surface area contributed by atoms with E-state index in [1.807, 2.05) is 10.3 Å². The Bertz CT molecular complexity index is 988. The number of nitrogens with zero attached hydrogens (tertiary/aromatic N) is 2. The number of hydrogen-bond donors (Lipinski definition) is 1. The van der Waals surface area contributed by atoms with Crippen LogP contribution in [0.2, 0.25) is 0 Å². The van der Waals surface area contributed by atoms with Gasteiger partial charge in [0.25, 0.3) is 11.8 Å². The van der Waals surface area contributed by atoms with Crippen LogP contribution in [0.1, 0.15) is 64.4 Å². The van der Waals surface area contributed by atoms with Crippen LogP contribution in [-0.4, -0.2) is 75.9 Å². The molecule has 2 amide bonds. The summed E-state index contributed by atoms with van der Waals surface area (Å²) in [6.45, 7) is 5.21. The molecule has 0 saturated carbocycles. The van der Waals surface area contributed by atoms with Crippen LogP contribution in [0, 0.1) is 0 Å². The molecule has 1 saturated heterocycles. The Balaban J connectivity index is 1.55. The van der Waals surface area contributed by atoms with Crippen LogP contribution in [0.25, 0.3) is 0 Å². The van der Waals surface area contributed by atoms with Gasteiger partial charge in [0.15, 0.2) is 11.5 Å². The van der Waals surface area contributed by atoms with Crippen LogP contribution >= 0.6 is 11.3 Å². The van der Waals surface area contributed by atoms with E-state index >= 15 is 0 Å². The van der Waals surface area contributed by atoms with Crippen LogP contribution in [-0.2, 0) is 4.74 Å². The van der Waals surface area contributed by atoms with Gasteiger partial charge in [0, 0.05) is 44.1 Å². The van der Waals surface area contributed by atoms with Gasteiger partial charge in [0.2, 0.25) is 5.75 Å². The van der Waals surface area contributed by atoms with Gasteiger partial charge in [-0.25, -0.2) is 4.98 Å². The molecule has 1 aliphatic heterocycles. The first-order valence-corrected chi connectivity index (χ1v) is 12.8. The van der Waals surface area contributed by atoms with Crippen molar-refractivity contribution in [2.24, 2.45) is 0 Å². The van der Waals surface area contributed by atoms with Crippen LogP contribution in [0.15, 0.2) is 17.5 Å². The molecule has 0 aliphatic carbocycles. The maximum atomic E-state index is 13.2. The molecular formula is C25H35N3O6S. The van der Waals surface area contributed by atoms with Crippen molar-refractivity contribution in [2.75, 3.05) is 54.2 Å². The lowest BCUT2D eigenvalue weighted by Crippen LogP contribution is -2.38. The van der Waals surface area contributed by atoms with Gasteiger partial charge in [0.05, 0.1) is 31.9 Å². The Morgan fingerprint density at radius 1 is 1.09 bits per heavy atom. The van der Waals surface area contributed by atoms with E-state index in [9.17, 15) is 9.59 Å². The maximum absolute atomic E-state index is 13.2. The number of carbonyl (C=O) groups excluding carboxylic acids is 2. The summed E-state index contributed by atoms with van der Waals surface area (Å²) < 4.78 is 21.6. The molecule has 2 heterocycles. The molecule has 192 valence electrons. The average Bonchev–Trinajstić information content (AvgIpc) is 3.39. The van der Waals surface area contributed by atoms with Crippen LogP contribution < -0.4 is 19.5 Å². The molecule has 1 aromatic heterocycles. The number of nitrogens with one attached hydrogen (secondary N) is 1. The third kappa shape index (κ3) is 6.64. The highest BCUT2D eigenvalue weighted by Crippen LogP contribution is 2.40. The summed E-state index contributed by atoms with van der Waals surface area (Å²) >= 11 is 1.51. The van der Waals surface area contributed by atoms with Crippen LogP contribution in [0.4, 0.5) is 0 Å². The lowest BCUT2D eigenvalue weighted by atomic mass is 9.97. The Labute approximate surface area is 210 Å². The molecule has 0 unspecified atom stereocenters. The van der Waals surface area contributed by atoms with E-state index in [2.05, 4.69) is 17.2 Å². The Morgan fingerprint density at radius 3 is 2.49 bits per heavy atom. The summed E-state index contributed by atoms with van der Waals surface area (Å²) in [6.07, 6.45) is 3.33. The Morgan fingerprint density at radius 2 is 1.83 bits per heavy atom. The Kier molecular flexibility index (Phi) is 10.2. The number of hydrogen-bond acceptors (Lipinski definition) is 8. The fourth-order valence-corrected chi connectivity index (χ4v) is 5.03. The van der Waals surface area contributed by atoms with Crippen molar-refractivity contribution in [1.82, 2.24) is 15.2 Å². The largest absolute Gasteiger partial charge is 0.493 e. The monoisotopic (exact) mass is 505 g/mol. The molecule has 3 rings (SSSR count). The topological polar surface area (TPSA) is 99.2 Å². The molecule has 0 radical (unpaired) electrons. The molecule has 35 heavy (non-hydrogen) atoms. The molecule has 2 aromatic rings. The first-order chi connectivity index (χ1) is 17.0. The first-order valence-electron chi connectivity index (χ1n) is 11.9. The van der Waals surface area contributed by atoms with E-state index in [1.54, 1.807) is 19.2 Å². The minimum atomic E-state index is -0.156. The molecule has 0 spiro atoms.